The second-order valence-corrected chi connectivity index (χ2v) is 7.07. The lowest BCUT2D eigenvalue weighted by Crippen LogP contribution is -2.44. The number of aryl methyl sites for hydroxylation is 1. The fourth-order valence-corrected chi connectivity index (χ4v) is 2.95. The average Bonchev–Trinajstić information content (AvgIpc) is 3.05. The average molecular weight is 342 g/mol. The minimum atomic E-state index is -0.245. The Kier molecular flexibility index (Phi) is 5.08. The molecule has 1 N–H and O–H groups in total. The van der Waals surface area contributed by atoms with Crippen molar-refractivity contribution in [2.45, 2.75) is 26.7 Å². The first kappa shape index (κ1) is 17.5. The zero-order valence-electron chi connectivity index (χ0n) is 15.4. The zero-order valence-corrected chi connectivity index (χ0v) is 15.4. The first-order chi connectivity index (χ1) is 11.9. The molecule has 3 rings (SSSR count). The molecule has 134 valence electrons. The van der Waals surface area contributed by atoms with Crippen LogP contribution in [-0.4, -0.2) is 49.2 Å². The summed E-state index contributed by atoms with van der Waals surface area (Å²) < 4.78 is 5.21. The van der Waals surface area contributed by atoms with E-state index >= 15 is 0 Å². The molecule has 0 atom stereocenters. The largest absolute Gasteiger partial charge is 0.369 e. The Morgan fingerprint density at radius 1 is 1.16 bits per heavy atom. The van der Waals surface area contributed by atoms with E-state index in [4.69, 9.17) is 4.52 Å². The molecule has 1 aromatic carbocycles. The molecule has 0 saturated carbocycles. The van der Waals surface area contributed by atoms with E-state index < -0.39 is 0 Å². The minimum Gasteiger partial charge on any atom is -0.369 e. The SMILES string of the molecule is Cc1cc(NC(=O)c2cc(C(C)C)on2)cc(N2CCN(C)CC2)c1. The third kappa shape index (κ3) is 4.20. The van der Waals surface area contributed by atoms with Gasteiger partial charge >= 0.3 is 0 Å². The summed E-state index contributed by atoms with van der Waals surface area (Å²) in [5, 5.41) is 6.81. The number of likely N-dealkylation sites (N-methyl/N-ethyl adjacent to an activating group) is 1. The Morgan fingerprint density at radius 2 is 1.88 bits per heavy atom. The lowest BCUT2D eigenvalue weighted by molar-refractivity contribution is 0.101. The van der Waals surface area contributed by atoms with Crippen molar-refractivity contribution in [1.82, 2.24) is 10.1 Å². The van der Waals surface area contributed by atoms with E-state index in [0.29, 0.717) is 11.5 Å². The molecule has 6 nitrogen and oxygen atoms in total. The standard InChI is InChI=1S/C19H26N4O2/c1-13(2)18-12-17(21-25-18)19(24)20-15-9-14(3)10-16(11-15)23-7-5-22(4)6-8-23/h9-13H,5-8H2,1-4H3,(H,20,24). The number of carbonyl (C=O) groups is 1. The normalized spacial score (nSPS) is 15.6. The van der Waals surface area contributed by atoms with Gasteiger partial charge in [0.1, 0.15) is 5.76 Å². The van der Waals surface area contributed by atoms with Gasteiger partial charge in [-0.2, -0.15) is 0 Å². The van der Waals surface area contributed by atoms with Gasteiger partial charge in [-0.3, -0.25) is 4.79 Å². The van der Waals surface area contributed by atoms with Gasteiger partial charge in [-0.25, -0.2) is 0 Å². The zero-order chi connectivity index (χ0) is 18.0. The molecular weight excluding hydrogens is 316 g/mol. The predicted octanol–water partition coefficient (Wildman–Crippen LogP) is 3.11. The third-order valence-electron chi connectivity index (χ3n) is 4.52. The van der Waals surface area contributed by atoms with Gasteiger partial charge in [-0.15, -0.1) is 0 Å². The van der Waals surface area contributed by atoms with Crippen molar-refractivity contribution in [2.24, 2.45) is 0 Å². The van der Waals surface area contributed by atoms with Crippen molar-refractivity contribution in [1.29, 1.82) is 0 Å². The monoisotopic (exact) mass is 342 g/mol. The van der Waals surface area contributed by atoms with Crippen LogP contribution in [0, 0.1) is 6.92 Å². The highest BCUT2D eigenvalue weighted by Crippen LogP contribution is 2.24. The van der Waals surface area contributed by atoms with E-state index in [1.165, 1.54) is 0 Å². The van der Waals surface area contributed by atoms with Crippen LogP contribution in [0.25, 0.3) is 0 Å². The number of hydrogen-bond donors (Lipinski definition) is 1. The third-order valence-corrected chi connectivity index (χ3v) is 4.52. The van der Waals surface area contributed by atoms with E-state index in [-0.39, 0.29) is 11.8 Å². The minimum absolute atomic E-state index is 0.205. The topological polar surface area (TPSA) is 61.6 Å². The molecule has 1 aliphatic heterocycles. The number of nitrogens with zero attached hydrogens (tertiary/aromatic N) is 3. The smallest absolute Gasteiger partial charge is 0.277 e. The lowest BCUT2D eigenvalue weighted by atomic mass is 10.1. The van der Waals surface area contributed by atoms with Crippen molar-refractivity contribution in [3.63, 3.8) is 0 Å². The molecular formula is C19H26N4O2. The molecule has 0 radical (unpaired) electrons. The van der Waals surface area contributed by atoms with Crippen LogP contribution in [0.4, 0.5) is 11.4 Å². The van der Waals surface area contributed by atoms with Crippen LogP contribution in [0.5, 0.6) is 0 Å². The van der Waals surface area contributed by atoms with Gasteiger partial charge in [-0.05, 0) is 37.7 Å². The molecule has 0 bridgehead atoms. The van der Waals surface area contributed by atoms with Crippen LogP contribution in [0.3, 0.4) is 0 Å². The van der Waals surface area contributed by atoms with Gasteiger partial charge in [0.2, 0.25) is 0 Å². The number of nitrogens with one attached hydrogen (secondary N) is 1. The van der Waals surface area contributed by atoms with E-state index in [1.807, 2.05) is 32.9 Å². The summed E-state index contributed by atoms with van der Waals surface area (Å²) in [7, 11) is 2.14. The van der Waals surface area contributed by atoms with Gasteiger partial charge in [-0.1, -0.05) is 19.0 Å². The second-order valence-electron chi connectivity index (χ2n) is 7.07. The van der Waals surface area contributed by atoms with Crippen molar-refractivity contribution in [3.05, 3.63) is 41.3 Å². The van der Waals surface area contributed by atoms with E-state index in [1.54, 1.807) is 6.07 Å². The fourth-order valence-electron chi connectivity index (χ4n) is 2.95. The van der Waals surface area contributed by atoms with Gasteiger partial charge in [0, 0.05) is 49.5 Å². The van der Waals surface area contributed by atoms with Gasteiger partial charge in [0.15, 0.2) is 5.69 Å². The molecule has 1 fully saturated rings. The van der Waals surface area contributed by atoms with E-state index in [9.17, 15) is 4.79 Å². The summed E-state index contributed by atoms with van der Waals surface area (Å²) in [5.41, 5.74) is 3.36. The number of rotatable bonds is 4. The van der Waals surface area contributed by atoms with E-state index in [0.717, 1.165) is 43.1 Å². The van der Waals surface area contributed by atoms with Crippen molar-refractivity contribution >= 4 is 17.3 Å². The van der Waals surface area contributed by atoms with Gasteiger partial charge < -0.3 is 19.6 Å². The number of benzene rings is 1. The number of carbonyl (C=O) groups excluding carboxylic acids is 1. The predicted molar refractivity (Wildman–Crippen MR) is 99.4 cm³/mol. The van der Waals surface area contributed by atoms with Gasteiger partial charge in [0.25, 0.3) is 5.91 Å². The van der Waals surface area contributed by atoms with Crippen LogP contribution < -0.4 is 10.2 Å². The molecule has 1 saturated heterocycles. The molecule has 1 amide bonds. The number of aromatic nitrogens is 1. The quantitative estimate of drug-likeness (QED) is 0.925. The van der Waals surface area contributed by atoms with Crippen molar-refractivity contribution in [3.8, 4) is 0 Å². The molecule has 1 aliphatic rings. The summed E-state index contributed by atoms with van der Waals surface area (Å²) in [4.78, 5) is 17.1. The molecule has 0 spiro atoms. The molecule has 6 heteroatoms. The molecule has 0 unspecified atom stereocenters. The van der Waals surface area contributed by atoms with Crippen LogP contribution in [0.1, 0.15) is 41.6 Å². The molecule has 0 aliphatic carbocycles. The molecule has 2 heterocycles. The number of hydrogen-bond acceptors (Lipinski definition) is 5. The summed E-state index contributed by atoms with van der Waals surface area (Å²) >= 11 is 0. The number of anilines is 2. The summed E-state index contributed by atoms with van der Waals surface area (Å²) in [6.45, 7) is 10.1. The Labute approximate surface area is 148 Å². The molecule has 1 aromatic heterocycles. The Morgan fingerprint density at radius 3 is 2.52 bits per heavy atom. The van der Waals surface area contributed by atoms with Crippen molar-refractivity contribution < 1.29 is 9.32 Å². The molecule has 25 heavy (non-hydrogen) atoms. The number of amides is 1. The lowest BCUT2D eigenvalue weighted by Gasteiger charge is -2.34. The maximum absolute atomic E-state index is 12.4. The van der Waals surface area contributed by atoms with Crippen LogP contribution in [0.15, 0.2) is 28.8 Å². The highest BCUT2D eigenvalue weighted by Gasteiger charge is 2.17. The Hall–Kier alpha value is -2.34. The summed E-state index contributed by atoms with van der Waals surface area (Å²) in [6.07, 6.45) is 0. The second kappa shape index (κ2) is 7.27. The maximum Gasteiger partial charge on any atom is 0.277 e. The first-order valence-corrected chi connectivity index (χ1v) is 8.75. The van der Waals surface area contributed by atoms with Crippen LogP contribution >= 0.6 is 0 Å². The Balaban J connectivity index is 1.74. The number of piperazine rings is 1. The Bertz CT molecular complexity index is 746. The van der Waals surface area contributed by atoms with E-state index in [2.05, 4.69) is 33.4 Å². The molecule has 2 aromatic rings. The van der Waals surface area contributed by atoms with Crippen molar-refractivity contribution in [2.75, 3.05) is 43.4 Å². The summed E-state index contributed by atoms with van der Waals surface area (Å²) in [5.74, 6) is 0.676. The van der Waals surface area contributed by atoms with Crippen LogP contribution in [0.2, 0.25) is 0 Å². The highest BCUT2D eigenvalue weighted by molar-refractivity contribution is 6.03. The van der Waals surface area contributed by atoms with Crippen LogP contribution in [-0.2, 0) is 0 Å². The first-order valence-electron chi connectivity index (χ1n) is 8.75. The highest BCUT2D eigenvalue weighted by atomic mass is 16.5. The fraction of sp³-hybridized carbons (Fsp3) is 0.474. The van der Waals surface area contributed by atoms with Gasteiger partial charge in [0.05, 0.1) is 0 Å². The maximum atomic E-state index is 12.4. The summed E-state index contributed by atoms with van der Waals surface area (Å²) in [6, 6.07) is 7.87.